The number of methoxy groups -OCH3 is 1. The Hall–Kier alpha value is -1.19. The summed E-state index contributed by atoms with van der Waals surface area (Å²) in [7, 11) is -2.08. The Bertz CT molecular complexity index is 675. The van der Waals surface area contributed by atoms with E-state index in [1.54, 1.807) is 0 Å². The van der Waals surface area contributed by atoms with Gasteiger partial charge in [0.1, 0.15) is 0 Å². The van der Waals surface area contributed by atoms with Crippen LogP contribution in [0, 0.1) is 0 Å². The molecule has 0 aliphatic heterocycles. The highest BCUT2D eigenvalue weighted by atomic mass is 35.5. The molecule has 1 aromatic rings. The fourth-order valence-corrected chi connectivity index (χ4v) is 4.20. The number of hydrogen-bond donors (Lipinski definition) is 3. The van der Waals surface area contributed by atoms with Gasteiger partial charge in [0.25, 0.3) is 5.91 Å². The SMILES string of the molecule is COCCNS(=O)(=O)c1ccc(C(=O)NCCNC2CCCCCC2)cc1.Cl. The van der Waals surface area contributed by atoms with Crippen LogP contribution in [-0.2, 0) is 14.8 Å². The smallest absolute Gasteiger partial charge is 0.251 e. The van der Waals surface area contributed by atoms with Crippen LogP contribution in [0.5, 0.6) is 0 Å². The van der Waals surface area contributed by atoms with E-state index < -0.39 is 10.0 Å². The monoisotopic (exact) mass is 433 g/mol. The molecule has 0 aromatic heterocycles. The molecule has 0 heterocycles. The van der Waals surface area contributed by atoms with E-state index in [0.717, 1.165) is 6.54 Å². The quantitative estimate of drug-likeness (QED) is 0.387. The van der Waals surface area contributed by atoms with Crippen LogP contribution in [0.1, 0.15) is 48.9 Å². The first-order chi connectivity index (χ1) is 13.0. The maximum atomic E-state index is 12.2. The number of halogens is 1. The summed E-state index contributed by atoms with van der Waals surface area (Å²) in [6.07, 6.45) is 7.62. The summed E-state index contributed by atoms with van der Waals surface area (Å²) in [4.78, 5) is 12.3. The van der Waals surface area contributed by atoms with Crippen molar-refractivity contribution in [1.82, 2.24) is 15.4 Å². The summed E-state index contributed by atoms with van der Waals surface area (Å²) < 4.78 is 31.5. The number of carbonyl (C=O) groups excluding carboxylic acids is 1. The Morgan fingerprint density at radius 2 is 1.68 bits per heavy atom. The highest BCUT2D eigenvalue weighted by Gasteiger charge is 2.15. The number of amides is 1. The minimum atomic E-state index is -3.58. The Morgan fingerprint density at radius 3 is 2.29 bits per heavy atom. The molecule has 1 saturated carbocycles. The Morgan fingerprint density at radius 1 is 1.04 bits per heavy atom. The van der Waals surface area contributed by atoms with E-state index in [1.165, 1.54) is 69.9 Å². The molecule has 28 heavy (non-hydrogen) atoms. The lowest BCUT2D eigenvalue weighted by Crippen LogP contribution is -2.36. The van der Waals surface area contributed by atoms with Gasteiger partial charge in [0.2, 0.25) is 10.0 Å². The maximum absolute atomic E-state index is 12.2. The predicted octanol–water partition coefficient (Wildman–Crippen LogP) is 2.08. The first-order valence-electron chi connectivity index (χ1n) is 9.63. The number of ether oxygens (including phenoxy) is 1. The summed E-state index contributed by atoms with van der Waals surface area (Å²) in [5.74, 6) is -0.200. The van der Waals surface area contributed by atoms with Gasteiger partial charge in [-0.05, 0) is 37.1 Å². The highest BCUT2D eigenvalue weighted by molar-refractivity contribution is 7.89. The van der Waals surface area contributed by atoms with Gasteiger partial charge < -0.3 is 15.4 Å². The van der Waals surface area contributed by atoms with E-state index in [-0.39, 0.29) is 29.8 Å². The summed E-state index contributed by atoms with van der Waals surface area (Å²) in [5, 5.41) is 6.38. The first kappa shape index (κ1) is 24.8. The molecule has 0 unspecified atom stereocenters. The number of rotatable bonds is 10. The molecule has 160 valence electrons. The fourth-order valence-electron chi connectivity index (χ4n) is 3.18. The zero-order valence-corrected chi connectivity index (χ0v) is 18.0. The standard InChI is InChI=1S/C19H31N3O4S.ClH/c1-26-15-14-22-27(24,25)18-10-8-16(9-11-18)19(23)21-13-12-20-17-6-4-2-3-5-7-17;/h8-11,17,20,22H,2-7,12-15H2,1H3,(H,21,23);1H. The molecule has 0 saturated heterocycles. The lowest BCUT2D eigenvalue weighted by atomic mass is 10.1. The summed E-state index contributed by atoms with van der Waals surface area (Å²) in [6.45, 7) is 1.80. The minimum Gasteiger partial charge on any atom is -0.383 e. The van der Waals surface area contributed by atoms with Crippen molar-refractivity contribution < 1.29 is 17.9 Å². The van der Waals surface area contributed by atoms with Gasteiger partial charge in [-0.15, -0.1) is 12.4 Å². The number of sulfonamides is 1. The second kappa shape index (κ2) is 13.1. The van der Waals surface area contributed by atoms with Crippen LogP contribution >= 0.6 is 12.4 Å². The van der Waals surface area contributed by atoms with Gasteiger partial charge in [-0.1, -0.05) is 25.7 Å². The van der Waals surface area contributed by atoms with E-state index in [0.29, 0.717) is 24.8 Å². The van der Waals surface area contributed by atoms with Crippen LogP contribution in [0.25, 0.3) is 0 Å². The average molecular weight is 434 g/mol. The number of nitrogens with one attached hydrogen (secondary N) is 3. The molecule has 1 aromatic carbocycles. The van der Waals surface area contributed by atoms with Gasteiger partial charge in [0.05, 0.1) is 11.5 Å². The van der Waals surface area contributed by atoms with Crippen molar-refractivity contribution in [2.45, 2.75) is 49.5 Å². The molecule has 0 spiro atoms. The molecule has 1 fully saturated rings. The largest absolute Gasteiger partial charge is 0.383 e. The number of benzene rings is 1. The Kier molecular flexibility index (Phi) is 11.6. The topological polar surface area (TPSA) is 96.5 Å². The molecule has 0 bridgehead atoms. The van der Waals surface area contributed by atoms with Crippen LogP contribution < -0.4 is 15.4 Å². The van der Waals surface area contributed by atoms with Crippen molar-refractivity contribution in [3.05, 3.63) is 29.8 Å². The summed E-state index contributed by atoms with van der Waals surface area (Å²) in [5.41, 5.74) is 0.445. The molecular formula is C19H32ClN3O4S. The van der Waals surface area contributed by atoms with E-state index in [1.807, 2.05) is 0 Å². The molecule has 0 radical (unpaired) electrons. The van der Waals surface area contributed by atoms with E-state index in [4.69, 9.17) is 4.74 Å². The zero-order valence-electron chi connectivity index (χ0n) is 16.4. The third kappa shape index (κ3) is 8.45. The molecule has 1 amide bonds. The molecule has 1 aliphatic rings. The Labute approximate surface area is 174 Å². The maximum Gasteiger partial charge on any atom is 0.251 e. The lowest BCUT2D eigenvalue weighted by molar-refractivity contribution is 0.0953. The van der Waals surface area contributed by atoms with Crippen molar-refractivity contribution >= 4 is 28.3 Å². The molecule has 7 nitrogen and oxygen atoms in total. The van der Waals surface area contributed by atoms with Crippen LogP contribution in [0.2, 0.25) is 0 Å². The van der Waals surface area contributed by atoms with Gasteiger partial charge in [0, 0.05) is 38.3 Å². The zero-order chi connectivity index (χ0) is 19.5. The minimum absolute atomic E-state index is 0. The van der Waals surface area contributed by atoms with Gasteiger partial charge in [0.15, 0.2) is 0 Å². The van der Waals surface area contributed by atoms with E-state index in [9.17, 15) is 13.2 Å². The molecule has 3 N–H and O–H groups in total. The molecule has 9 heteroatoms. The second-order valence-electron chi connectivity index (χ2n) is 6.81. The third-order valence-electron chi connectivity index (χ3n) is 4.72. The number of hydrogen-bond acceptors (Lipinski definition) is 5. The van der Waals surface area contributed by atoms with E-state index >= 15 is 0 Å². The Balaban J connectivity index is 0.00000392. The van der Waals surface area contributed by atoms with Crippen LogP contribution in [0.4, 0.5) is 0 Å². The second-order valence-corrected chi connectivity index (χ2v) is 8.58. The lowest BCUT2D eigenvalue weighted by Gasteiger charge is -2.16. The predicted molar refractivity (Wildman–Crippen MR) is 113 cm³/mol. The molecule has 2 rings (SSSR count). The van der Waals surface area contributed by atoms with Gasteiger partial charge in [-0.25, -0.2) is 13.1 Å². The van der Waals surface area contributed by atoms with Crippen molar-refractivity contribution in [3.63, 3.8) is 0 Å². The fraction of sp³-hybridized carbons (Fsp3) is 0.632. The van der Waals surface area contributed by atoms with Crippen molar-refractivity contribution in [2.75, 3.05) is 33.4 Å². The van der Waals surface area contributed by atoms with Crippen LogP contribution in [0.3, 0.4) is 0 Å². The third-order valence-corrected chi connectivity index (χ3v) is 6.20. The van der Waals surface area contributed by atoms with Crippen LogP contribution in [0.15, 0.2) is 29.2 Å². The normalized spacial score (nSPS) is 15.5. The number of carbonyl (C=O) groups is 1. The molecule has 1 aliphatic carbocycles. The summed E-state index contributed by atoms with van der Waals surface area (Å²) >= 11 is 0. The van der Waals surface area contributed by atoms with Gasteiger partial charge >= 0.3 is 0 Å². The summed E-state index contributed by atoms with van der Waals surface area (Å²) in [6, 6.07) is 6.49. The van der Waals surface area contributed by atoms with Crippen LogP contribution in [-0.4, -0.2) is 53.7 Å². The van der Waals surface area contributed by atoms with Crippen molar-refractivity contribution in [1.29, 1.82) is 0 Å². The van der Waals surface area contributed by atoms with Crippen molar-refractivity contribution in [2.24, 2.45) is 0 Å². The van der Waals surface area contributed by atoms with Crippen molar-refractivity contribution in [3.8, 4) is 0 Å². The van der Waals surface area contributed by atoms with E-state index in [2.05, 4.69) is 15.4 Å². The first-order valence-corrected chi connectivity index (χ1v) is 11.1. The van der Waals surface area contributed by atoms with Gasteiger partial charge in [-0.3, -0.25) is 4.79 Å². The van der Waals surface area contributed by atoms with Gasteiger partial charge in [-0.2, -0.15) is 0 Å². The molecule has 0 atom stereocenters. The highest BCUT2D eigenvalue weighted by Crippen LogP contribution is 2.16. The molecular weight excluding hydrogens is 402 g/mol. The average Bonchev–Trinajstić information content (AvgIpc) is 2.94.